The normalized spacial score (nSPS) is 11.2. The van der Waals surface area contributed by atoms with Gasteiger partial charge < -0.3 is 24.8 Å². The number of amides is 2. The zero-order valence-corrected chi connectivity index (χ0v) is 14.9. The monoisotopic (exact) mass is 358 g/mol. The molecule has 0 fully saturated rings. The lowest BCUT2D eigenvalue weighted by Gasteiger charge is -2.18. The van der Waals surface area contributed by atoms with Crippen LogP contribution in [-0.2, 0) is 16.0 Å². The molecule has 2 rings (SSSR count). The Hall–Kier alpha value is -3.22. The van der Waals surface area contributed by atoms with Crippen molar-refractivity contribution >= 4 is 17.7 Å². The Morgan fingerprint density at radius 2 is 1.73 bits per heavy atom. The maximum Gasteiger partial charge on any atom is 0.328 e. The molecular formula is C19H22N2O5. The molecule has 138 valence electrons. The summed E-state index contributed by atoms with van der Waals surface area (Å²) in [7, 11) is 4.31. The molecule has 0 aliphatic rings. The molecule has 2 N–H and O–H groups in total. The van der Waals surface area contributed by atoms with Gasteiger partial charge in [0.15, 0.2) is 0 Å². The average molecular weight is 358 g/mol. The largest absolute Gasteiger partial charge is 0.497 e. The summed E-state index contributed by atoms with van der Waals surface area (Å²) in [5.41, 5.74) is 1.33. The second kappa shape index (κ2) is 9.31. The third kappa shape index (κ3) is 5.14. The number of urea groups is 1. The highest BCUT2D eigenvalue weighted by Crippen LogP contribution is 2.28. The van der Waals surface area contributed by atoms with Crippen LogP contribution in [0.3, 0.4) is 0 Å². The number of hydrogen-bond donors (Lipinski definition) is 2. The molecule has 2 aromatic carbocycles. The van der Waals surface area contributed by atoms with Crippen molar-refractivity contribution in [3.8, 4) is 11.5 Å². The first-order valence-corrected chi connectivity index (χ1v) is 7.98. The van der Waals surface area contributed by atoms with Crippen LogP contribution in [0.25, 0.3) is 0 Å². The van der Waals surface area contributed by atoms with Crippen molar-refractivity contribution in [1.29, 1.82) is 0 Å². The van der Waals surface area contributed by atoms with E-state index >= 15 is 0 Å². The molecule has 7 heteroatoms. The number of ether oxygens (including phenoxy) is 3. The minimum atomic E-state index is -0.820. The van der Waals surface area contributed by atoms with Crippen LogP contribution in [-0.4, -0.2) is 39.4 Å². The van der Waals surface area contributed by atoms with Crippen molar-refractivity contribution in [2.24, 2.45) is 0 Å². The zero-order valence-electron chi connectivity index (χ0n) is 14.9. The smallest absolute Gasteiger partial charge is 0.328 e. The number of benzene rings is 2. The summed E-state index contributed by atoms with van der Waals surface area (Å²) in [6.45, 7) is 0. The van der Waals surface area contributed by atoms with Gasteiger partial charge in [-0.15, -0.1) is 0 Å². The van der Waals surface area contributed by atoms with Gasteiger partial charge in [-0.2, -0.15) is 0 Å². The third-order valence-corrected chi connectivity index (χ3v) is 3.73. The minimum Gasteiger partial charge on any atom is -0.497 e. The summed E-state index contributed by atoms with van der Waals surface area (Å²) in [6, 6.07) is 13.0. The van der Waals surface area contributed by atoms with E-state index in [0.717, 1.165) is 5.56 Å². The standard InChI is InChI=1S/C19H22N2O5/c1-24-14-9-10-17(25-2)15(12-14)20-19(23)21-16(18(22)26-3)11-13-7-5-4-6-8-13/h4-10,12,16H,11H2,1-3H3,(H2,20,21,23)/t16-/m1/s1. The van der Waals surface area contributed by atoms with E-state index < -0.39 is 18.0 Å². The zero-order chi connectivity index (χ0) is 18.9. The molecule has 0 aromatic heterocycles. The van der Waals surface area contributed by atoms with Crippen LogP contribution in [0.5, 0.6) is 11.5 Å². The molecule has 1 atom stereocenters. The molecule has 0 heterocycles. The number of nitrogens with one attached hydrogen (secondary N) is 2. The molecular weight excluding hydrogens is 336 g/mol. The van der Waals surface area contributed by atoms with Crippen molar-refractivity contribution < 1.29 is 23.8 Å². The van der Waals surface area contributed by atoms with Gasteiger partial charge in [0.2, 0.25) is 0 Å². The second-order valence-electron chi connectivity index (χ2n) is 5.43. The van der Waals surface area contributed by atoms with Gasteiger partial charge in [-0.05, 0) is 17.7 Å². The van der Waals surface area contributed by atoms with Crippen LogP contribution in [0.1, 0.15) is 5.56 Å². The SMILES string of the molecule is COC(=O)[C@@H](Cc1ccccc1)NC(=O)Nc1cc(OC)ccc1OC. The molecule has 2 amide bonds. The summed E-state index contributed by atoms with van der Waals surface area (Å²) in [6.07, 6.45) is 0.316. The Bertz CT molecular complexity index is 749. The van der Waals surface area contributed by atoms with Gasteiger partial charge in [0.05, 0.1) is 27.0 Å². The maximum absolute atomic E-state index is 12.4. The van der Waals surface area contributed by atoms with Crippen molar-refractivity contribution in [2.75, 3.05) is 26.6 Å². The van der Waals surface area contributed by atoms with Gasteiger partial charge in [-0.25, -0.2) is 9.59 Å². The van der Waals surface area contributed by atoms with Crippen molar-refractivity contribution in [3.05, 3.63) is 54.1 Å². The summed E-state index contributed by atoms with van der Waals surface area (Å²) in [4.78, 5) is 24.4. The Morgan fingerprint density at radius 3 is 2.35 bits per heavy atom. The summed E-state index contributed by atoms with van der Waals surface area (Å²) < 4.78 is 15.2. The molecule has 0 radical (unpaired) electrons. The Kier molecular flexibility index (Phi) is 6.84. The molecule has 0 aliphatic carbocycles. The van der Waals surface area contributed by atoms with Crippen molar-refractivity contribution in [2.45, 2.75) is 12.5 Å². The molecule has 26 heavy (non-hydrogen) atoms. The molecule has 0 bridgehead atoms. The van der Waals surface area contributed by atoms with Crippen molar-refractivity contribution in [1.82, 2.24) is 5.32 Å². The number of hydrogen-bond acceptors (Lipinski definition) is 5. The van der Waals surface area contributed by atoms with Crippen LogP contribution >= 0.6 is 0 Å². The first-order valence-electron chi connectivity index (χ1n) is 7.98. The molecule has 0 spiro atoms. The van der Waals surface area contributed by atoms with Crippen LogP contribution in [0.4, 0.5) is 10.5 Å². The average Bonchev–Trinajstić information content (AvgIpc) is 2.67. The lowest BCUT2D eigenvalue weighted by Crippen LogP contribution is -2.45. The second-order valence-corrected chi connectivity index (χ2v) is 5.43. The van der Waals surface area contributed by atoms with E-state index in [-0.39, 0.29) is 0 Å². The molecule has 0 saturated heterocycles. The molecule has 0 unspecified atom stereocenters. The fourth-order valence-corrected chi connectivity index (χ4v) is 2.41. The molecule has 0 saturated carbocycles. The Balaban J connectivity index is 2.11. The molecule has 0 aliphatic heterocycles. The summed E-state index contributed by atoms with van der Waals surface area (Å²) >= 11 is 0. The van der Waals surface area contributed by atoms with Gasteiger partial charge in [0, 0.05) is 12.5 Å². The number of carbonyl (C=O) groups excluding carboxylic acids is 2. The minimum absolute atomic E-state index is 0.316. The van der Waals surface area contributed by atoms with E-state index in [9.17, 15) is 9.59 Å². The Labute approximate surface area is 152 Å². The predicted molar refractivity (Wildman–Crippen MR) is 97.7 cm³/mol. The summed E-state index contributed by atoms with van der Waals surface area (Å²) in [5, 5.41) is 5.30. The van der Waals surface area contributed by atoms with E-state index in [1.54, 1.807) is 18.2 Å². The highest BCUT2D eigenvalue weighted by Gasteiger charge is 2.22. The van der Waals surface area contributed by atoms with Gasteiger partial charge in [-0.1, -0.05) is 30.3 Å². The van der Waals surface area contributed by atoms with Gasteiger partial charge in [0.1, 0.15) is 17.5 Å². The number of carbonyl (C=O) groups is 2. The lowest BCUT2D eigenvalue weighted by atomic mass is 10.1. The van der Waals surface area contributed by atoms with E-state index in [0.29, 0.717) is 23.6 Å². The van der Waals surface area contributed by atoms with E-state index in [1.807, 2.05) is 30.3 Å². The fraction of sp³-hybridized carbons (Fsp3) is 0.263. The van der Waals surface area contributed by atoms with Gasteiger partial charge in [0.25, 0.3) is 0 Å². The van der Waals surface area contributed by atoms with E-state index in [2.05, 4.69) is 10.6 Å². The highest BCUT2D eigenvalue weighted by molar-refractivity contribution is 5.94. The fourth-order valence-electron chi connectivity index (χ4n) is 2.41. The van der Waals surface area contributed by atoms with Gasteiger partial charge in [-0.3, -0.25) is 0 Å². The van der Waals surface area contributed by atoms with E-state index in [4.69, 9.17) is 14.2 Å². The first kappa shape index (κ1) is 19.1. The highest BCUT2D eigenvalue weighted by atomic mass is 16.5. The van der Waals surface area contributed by atoms with Gasteiger partial charge >= 0.3 is 12.0 Å². The molecule has 2 aromatic rings. The number of anilines is 1. The quantitative estimate of drug-likeness (QED) is 0.743. The topological polar surface area (TPSA) is 85.9 Å². The number of esters is 1. The van der Waals surface area contributed by atoms with Crippen LogP contribution in [0.15, 0.2) is 48.5 Å². The predicted octanol–water partition coefficient (Wildman–Crippen LogP) is 2.61. The first-order chi connectivity index (χ1) is 12.6. The van der Waals surface area contributed by atoms with Crippen LogP contribution < -0.4 is 20.1 Å². The number of methoxy groups -OCH3 is 3. The maximum atomic E-state index is 12.4. The Morgan fingerprint density at radius 1 is 1.00 bits per heavy atom. The van der Waals surface area contributed by atoms with Crippen LogP contribution in [0.2, 0.25) is 0 Å². The van der Waals surface area contributed by atoms with Crippen molar-refractivity contribution in [3.63, 3.8) is 0 Å². The third-order valence-electron chi connectivity index (χ3n) is 3.73. The van der Waals surface area contributed by atoms with Crippen LogP contribution in [0, 0.1) is 0 Å². The lowest BCUT2D eigenvalue weighted by molar-refractivity contribution is -0.142. The van der Waals surface area contributed by atoms with E-state index in [1.165, 1.54) is 21.3 Å². The summed E-state index contributed by atoms with van der Waals surface area (Å²) in [5.74, 6) is 0.509. The number of rotatable bonds is 7. The molecule has 7 nitrogen and oxygen atoms in total.